The van der Waals surface area contributed by atoms with Gasteiger partial charge in [-0.1, -0.05) is 32.0 Å². The van der Waals surface area contributed by atoms with Gasteiger partial charge in [0.25, 0.3) is 0 Å². The van der Waals surface area contributed by atoms with Crippen LogP contribution in [0.15, 0.2) is 34.9 Å². The first-order valence-corrected chi connectivity index (χ1v) is 11.9. The van der Waals surface area contributed by atoms with Gasteiger partial charge in [-0.15, -0.1) is 0 Å². The lowest BCUT2D eigenvalue weighted by molar-refractivity contribution is -0.259. The minimum atomic E-state index is -0.395. The SMILES string of the molecule is CCn1cc(Br)c(C(=O)OC[C@@]23CO[C@H]4c5ccccc5O[C@@](C)(C[C@@H]2C)[C@@H]4[C@@H]3C)n1. The maximum Gasteiger partial charge on any atom is 0.360 e. The van der Waals surface area contributed by atoms with Gasteiger partial charge in [-0.25, -0.2) is 4.79 Å². The Kier molecular flexibility index (Phi) is 4.97. The topological polar surface area (TPSA) is 62.6 Å². The van der Waals surface area contributed by atoms with E-state index in [0.717, 1.165) is 17.7 Å². The molecule has 0 radical (unpaired) electrons. The summed E-state index contributed by atoms with van der Waals surface area (Å²) in [5.41, 5.74) is 0.912. The van der Waals surface area contributed by atoms with E-state index in [-0.39, 0.29) is 34.9 Å². The Labute approximate surface area is 191 Å². The molecule has 2 bridgehead atoms. The van der Waals surface area contributed by atoms with Crippen molar-refractivity contribution < 1.29 is 19.0 Å². The zero-order valence-corrected chi connectivity index (χ0v) is 20.0. The van der Waals surface area contributed by atoms with Crippen molar-refractivity contribution >= 4 is 21.9 Å². The number of fused-ring (bicyclic) bond motifs is 3. The second-order valence-electron chi connectivity index (χ2n) is 9.59. The van der Waals surface area contributed by atoms with Gasteiger partial charge >= 0.3 is 5.97 Å². The first-order chi connectivity index (χ1) is 14.8. The van der Waals surface area contributed by atoms with E-state index < -0.39 is 5.97 Å². The van der Waals surface area contributed by atoms with E-state index in [4.69, 9.17) is 14.2 Å². The Morgan fingerprint density at radius 3 is 2.87 bits per heavy atom. The number of rotatable bonds is 4. The van der Waals surface area contributed by atoms with Crippen LogP contribution in [0.2, 0.25) is 0 Å². The number of aromatic nitrogens is 2. The molecule has 2 fully saturated rings. The molecule has 2 aromatic rings. The van der Waals surface area contributed by atoms with Gasteiger partial charge in [-0.05, 0) is 54.1 Å². The average Bonchev–Trinajstić information content (AvgIpc) is 3.12. The molecule has 31 heavy (non-hydrogen) atoms. The quantitative estimate of drug-likeness (QED) is 0.565. The molecule has 0 spiro atoms. The highest BCUT2D eigenvalue weighted by Crippen LogP contribution is 2.63. The summed E-state index contributed by atoms with van der Waals surface area (Å²) >= 11 is 3.43. The molecule has 1 aromatic carbocycles. The second-order valence-corrected chi connectivity index (χ2v) is 10.4. The van der Waals surface area contributed by atoms with Crippen LogP contribution in [0.1, 0.15) is 56.3 Å². The molecule has 7 heteroatoms. The Hall–Kier alpha value is -1.86. The molecule has 166 valence electrons. The number of carbonyl (C=O) groups excluding carboxylic acids is 1. The summed E-state index contributed by atoms with van der Waals surface area (Å²) in [7, 11) is 0. The van der Waals surface area contributed by atoms with Crippen LogP contribution in [-0.2, 0) is 16.0 Å². The molecule has 1 aromatic heterocycles. The number of hydrogen-bond acceptors (Lipinski definition) is 5. The number of benzene rings is 1. The molecule has 3 heterocycles. The Bertz CT molecular complexity index is 1020. The van der Waals surface area contributed by atoms with Crippen LogP contribution in [0.5, 0.6) is 5.75 Å². The Balaban J connectivity index is 1.42. The van der Waals surface area contributed by atoms with E-state index in [0.29, 0.717) is 29.9 Å². The predicted molar refractivity (Wildman–Crippen MR) is 119 cm³/mol. The van der Waals surface area contributed by atoms with Gasteiger partial charge in [0.15, 0.2) is 5.69 Å². The number of halogens is 1. The van der Waals surface area contributed by atoms with Gasteiger partial charge in [0.05, 0.1) is 17.2 Å². The molecule has 3 aliphatic rings. The lowest BCUT2D eigenvalue weighted by atomic mass is 9.50. The molecule has 0 amide bonds. The summed E-state index contributed by atoms with van der Waals surface area (Å²) in [6.07, 6.45) is 2.72. The van der Waals surface area contributed by atoms with Crippen LogP contribution in [0.25, 0.3) is 0 Å². The lowest BCUT2D eigenvalue weighted by Crippen LogP contribution is -2.66. The third-order valence-electron chi connectivity index (χ3n) is 7.98. The van der Waals surface area contributed by atoms with Gasteiger partial charge in [0, 0.05) is 29.6 Å². The van der Waals surface area contributed by atoms with Crippen LogP contribution in [0.3, 0.4) is 0 Å². The summed E-state index contributed by atoms with van der Waals surface area (Å²) in [5.74, 6) is 1.30. The normalized spacial score (nSPS) is 35.8. The van der Waals surface area contributed by atoms with Crippen molar-refractivity contribution in [3.8, 4) is 5.75 Å². The molecule has 5 rings (SSSR count). The second kappa shape index (κ2) is 7.34. The zero-order chi connectivity index (χ0) is 22.0. The number of ether oxygens (including phenoxy) is 3. The minimum Gasteiger partial charge on any atom is -0.487 e. The van der Waals surface area contributed by atoms with Crippen molar-refractivity contribution in [2.24, 2.45) is 23.2 Å². The Morgan fingerprint density at radius 2 is 2.13 bits per heavy atom. The summed E-state index contributed by atoms with van der Waals surface area (Å²) in [5, 5.41) is 4.33. The van der Waals surface area contributed by atoms with Crippen LogP contribution >= 0.6 is 15.9 Å². The third-order valence-corrected chi connectivity index (χ3v) is 8.56. The molecular formula is C24H29BrN2O4. The van der Waals surface area contributed by atoms with Gasteiger partial charge in [-0.3, -0.25) is 4.68 Å². The molecule has 2 aliphatic heterocycles. The fourth-order valence-corrected chi connectivity index (χ4v) is 6.70. The number of hydrogen-bond donors (Lipinski definition) is 0. The summed E-state index contributed by atoms with van der Waals surface area (Å²) in [6.45, 7) is 10.3. The van der Waals surface area contributed by atoms with Crippen LogP contribution in [-0.4, -0.2) is 34.6 Å². The molecule has 0 unspecified atom stereocenters. The van der Waals surface area contributed by atoms with Crippen molar-refractivity contribution in [1.82, 2.24) is 9.78 Å². The number of nitrogens with zero attached hydrogens (tertiary/aromatic N) is 2. The molecular weight excluding hydrogens is 460 g/mol. The van der Waals surface area contributed by atoms with Gasteiger partial charge in [0.2, 0.25) is 0 Å². The van der Waals surface area contributed by atoms with E-state index in [1.54, 1.807) is 10.9 Å². The fourth-order valence-electron chi connectivity index (χ4n) is 6.22. The van der Waals surface area contributed by atoms with Crippen LogP contribution < -0.4 is 4.74 Å². The molecule has 1 saturated carbocycles. The van der Waals surface area contributed by atoms with Gasteiger partial charge in [0.1, 0.15) is 18.0 Å². The van der Waals surface area contributed by atoms with Crippen molar-refractivity contribution in [3.63, 3.8) is 0 Å². The van der Waals surface area contributed by atoms with Crippen LogP contribution in [0, 0.1) is 23.2 Å². The summed E-state index contributed by atoms with van der Waals surface area (Å²) in [4.78, 5) is 12.8. The number of carbonyl (C=O) groups is 1. The van der Waals surface area contributed by atoms with Crippen molar-refractivity contribution in [1.29, 1.82) is 0 Å². The van der Waals surface area contributed by atoms with E-state index in [1.165, 1.54) is 0 Å². The first kappa shape index (κ1) is 21.0. The predicted octanol–water partition coefficient (Wildman–Crippen LogP) is 5.02. The minimum absolute atomic E-state index is 0.00988. The van der Waals surface area contributed by atoms with Gasteiger partial charge in [-0.2, -0.15) is 5.10 Å². The molecule has 6 nitrogen and oxygen atoms in total. The number of para-hydroxylation sites is 1. The molecule has 1 aliphatic carbocycles. The van der Waals surface area contributed by atoms with E-state index in [2.05, 4.69) is 47.9 Å². The van der Waals surface area contributed by atoms with Crippen molar-refractivity contribution in [2.45, 2.75) is 52.4 Å². The fraction of sp³-hybridized carbons (Fsp3) is 0.583. The Morgan fingerprint density at radius 1 is 1.35 bits per heavy atom. The highest BCUT2D eigenvalue weighted by atomic mass is 79.9. The zero-order valence-electron chi connectivity index (χ0n) is 18.4. The number of esters is 1. The molecule has 0 N–H and O–H groups in total. The summed E-state index contributed by atoms with van der Waals surface area (Å²) < 4.78 is 21.4. The summed E-state index contributed by atoms with van der Waals surface area (Å²) in [6, 6.07) is 8.21. The highest BCUT2D eigenvalue weighted by Gasteiger charge is 2.64. The first-order valence-electron chi connectivity index (χ1n) is 11.1. The van der Waals surface area contributed by atoms with E-state index in [1.807, 2.05) is 25.1 Å². The maximum absolute atomic E-state index is 12.8. The van der Waals surface area contributed by atoms with Crippen LogP contribution in [0.4, 0.5) is 0 Å². The van der Waals surface area contributed by atoms with Crippen molar-refractivity contribution in [3.05, 3.63) is 46.2 Å². The largest absolute Gasteiger partial charge is 0.487 e. The standard InChI is InChI=1S/C24H29BrN2O4/c1-5-27-11-17(25)20(26-27)22(28)30-13-24-12-29-21-16-8-6-7-9-18(16)31-23(4,10-14(24)2)19(21)15(24)3/h6-9,11,14-15,19,21H,5,10,12-13H2,1-4H3/t14-,15-,19+,21-,23-,24-/m0/s1. The molecule has 1 saturated heterocycles. The van der Waals surface area contributed by atoms with E-state index >= 15 is 0 Å². The third kappa shape index (κ3) is 3.07. The van der Waals surface area contributed by atoms with E-state index in [9.17, 15) is 4.79 Å². The lowest BCUT2D eigenvalue weighted by Gasteiger charge is -2.63. The average molecular weight is 489 g/mol. The van der Waals surface area contributed by atoms with Crippen molar-refractivity contribution in [2.75, 3.05) is 13.2 Å². The number of aryl methyl sites for hydroxylation is 1. The molecule has 6 atom stereocenters. The maximum atomic E-state index is 12.8. The van der Waals surface area contributed by atoms with Gasteiger partial charge < -0.3 is 14.2 Å². The highest BCUT2D eigenvalue weighted by molar-refractivity contribution is 9.10. The monoisotopic (exact) mass is 488 g/mol. The smallest absolute Gasteiger partial charge is 0.360 e.